The van der Waals surface area contributed by atoms with Gasteiger partial charge in [0, 0.05) is 25.1 Å². The summed E-state index contributed by atoms with van der Waals surface area (Å²) in [6, 6.07) is 9.69. The van der Waals surface area contributed by atoms with Gasteiger partial charge in [-0.15, -0.1) is 0 Å². The van der Waals surface area contributed by atoms with Crippen molar-refractivity contribution in [3.8, 4) is 11.5 Å². The number of hydrogen-bond acceptors (Lipinski definition) is 4. The first-order valence-corrected chi connectivity index (χ1v) is 10.7. The zero-order valence-electron chi connectivity index (χ0n) is 16.8. The van der Waals surface area contributed by atoms with Gasteiger partial charge in [-0.1, -0.05) is 37.5 Å². The van der Waals surface area contributed by atoms with E-state index in [1.807, 2.05) is 35.2 Å². The van der Waals surface area contributed by atoms with Crippen molar-refractivity contribution in [2.24, 2.45) is 11.8 Å². The molecule has 4 rings (SSSR count). The fourth-order valence-corrected chi connectivity index (χ4v) is 4.41. The molecule has 154 valence electrons. The van der Waals surface area contributed by atoms with Gasteiger partial charge in [0.1, 0.15) is 6.26 Å². The Balaban J connectivity index is 1.29. The van der Waals surface area contributed by atoms with Gasteiger partial charge in [0.15, 0.2) is 0 Å². The normalized spacial score (nSPS) is 20.6. The number of oxazole rings is 1. The lowest BCUT2D eigenvalue weighted by molar-refractivity contribution is -0.139. The van der Waals surface area contributed by atoms with Crippen molar-refractivity contribution in [1.29, 1.82) is 0 Å². The molecule has 1 aromatic heterocycles. The highest BCUT2D eigenvalue weighted by Crippen LogP contribution is 2.27. The molecular weight excluding hydrogens is 366 g/mol. The molecular formula is C23H29N3O3. The number of aromatic nitrogens is 1. The number of carbonyl (C=O) groups is 2. The SMILES string of the molecule is O=C(NCc1coc(-c2ccccc2)n1)C1CCC(=O)N(CC2CCCCC2)C1. The molecule has 2 heterocycles. The zero-order chi connectivity index (χ0) is 20.1. The Labute approximate surface area is 171 Å². The molecule has 2 aromatic rings. The van der Waals surface area contributed by atoms with Gasteiger partial charge in [0.25, 0.3) is 0 Å². The van der Waals surface area contributed by atoms with Crippen LogP contribution in [0.2, 0.25) is 0 Å². The lowest BCUT2D eigenvalue weighted by Crippen LogP contribution is -2.47. The fourth-order valence-electron chi connectivity index (χ4n) is 4.41. The summed E-state index contributed by atoms with van der Waals surface area (Å²) in [5, 5.41) is 2.97. The van der Waals surface area contributed by atoms with Gasteiger partial charge in [-0.25, -0.2) is 4.98 Å². The molecule has 0 radical (unpaired) electrons. The van der Waals surface area contributed by atoms with Crippen LogP contribution in [0.3, 0.4) is 0 Å². The molecule has 1 saturated heterocycles. The summed E-state index contributed by atoms with van der Waals surface area (Å²) in [6.45, 7) is 1.68. The second-order valence-corrected chi connectivity index (χ2v) is 8.27. The highest BCUT2D eigenvalue weighted by Gasteiger charge is 2.31. The molecule has 2 aliphatic rings. The molecule has 2 fully saturated rings. The monoisotopic (exact) mass is 395 g/mol. The number of nitrogens with zero attached hydrogens (tertiary/aromatic N) is 2. The van der Waals surface area contributed by atoms with Gasteiger partial charge < -0.3 is 14.6 Å². The van der Waals surface area contributed by atoms with Crippen molar-refractivity contribution < 1.29 is 14.0 Å². The summed E-state index contributed by atoms with van der Waals surface area (Å²) >= 11 is 0. The average Bonchev–Trinajstić information content (AvgIpc) is 3.24. The molecule has 6 heteroatoms. The maximum Gasteiger partial charge on any atom is 0.226 e. The molecule has 29 heavy (non-hydrogen) atoms. The van der Waals surface area contributed by atoms with Crippen molar-refractivity contribution in [3.63, 3.8) is 0 Å². The summed E-state index contributed by atoms with van der Waals surface area (Å²) in [4.78, 5) is 31.4. The molecule has 0 spiro atoms. The number of likely N-dealkylation sites (tertiary alicyclic amines) is 1. The lowest BCUT2D eigenvalue weighted by atomic mass is 9.87. The fraction of sp³-hybridized carbons (Fsp3) is 0.522. The Bertz CT molecular complexity index is 827. The van der Waals surface area contributed by atoms with Crippen LogP contribution in [0, 0.1) is 11.8 Å². The molecule has 1 unspecified atom stereocenters. The zero-order valence-corrected chi connectivity index (χ0v) is 16.8. The van der Waals surface area contributed by atoms with E-state index < -0.39 is 0 Å². The van der Waals surface area contributed by atoms with E-state index >= 15 is 0 Å². The summed E-state index contributed by atoms with van der Waals surface area (Å²) < 4.78 is 5.53. The Morgan fingerprint density at radius 1 is 1.14 bits per heavy atom. The summed E-state index contributed by atoms with van der Waals surface area (Å²) in [7, 11) is 0. The summed E-state index contributed by atoms with van der Waals surface area (Å²) in [5.74, 6) is 1.20. The van der Waals surface area contributed by atoms with Crippen molar-refractivity contribution >= 4 is 11.8 Å². The Hall–Kier alpha value is -2.63. The highest BCUT2D eigenvalue weighted by atomic mass is 16.3. The van der Waals surface area contributed by atoms with Crippen LogP contribution in [0.5, 0.6) is 0 Å². The van der Waals surface area contributed by atoms with Crippen LogP contribution >= 0.6 is 0 Å². The Kier molecular flexibility index (Phi) is 6.27. The maximum atomic E-state index is 12.7. The average molecular weight is 396 g/mol. The number of benzene rings is 1. The van der Waals surface area contributed by atoms with Crippen LogP contribution < -0.4 is 5.32 Å². The van der Waals surface area contributed by atoms with Gasteiger partial charge in [0.05, 0.1) is 18.2 Å². The maximum absolute atomic E-state index is 12.7. The predicted octanol–water partition coefficient (Wildman–Crippen LogP) is 3.78. The van der Waals surface area contributed by atoms with Crippen molar-refractivity contribution in [2.45, 2.75) is 51.5 Å². The molecule has 1 aliphatic carbocycles. The smallest absolute Gasteiger partial charge is 0.226 e. The minimum atomic E-state index is -0.142. The first-order chi connectivity index (χ1) is 14.2. The van der Waals surface area contributed by atoms with Gasteiger partial charge in [-0.2, -0.15) is 0 Å². The predicted molar refractivity (Wildman–Crippen MR) is 110 cm³/mol. The number of hydrogen-bond donors (Lipinski definition) is 1. The number of nitrogens with one attached hydrogen (secondary N) is 1. The first-order valence-electron chi connectivity index (χ1n) is 10.7. The van der Waals surface area contributed by atoms with Gasteiger partial charge in [-0.05, 0) is 37.3 Å². The minimum Gasteiger partial charge on any atom is -0.444 e. The van der Waals surface area contributed by atoms with Crippen LogP contribution in [0.4, 0.5) is 0 Å². The van der Waals surface area contributed by atoms with Crippen molar-refractivity contribution in [1.82, 2.24) is 15.2 Å². The van der Waals surface area contributed by atoms with Crippen LogP contribution in [0.1, 0.15) is 50.6 Å². The lowest BCUT2D eigenvalue weighted by Gasteiger charge is -2.35. The highest BCUT2D eigenvalue weighted by molar-refractivity contribution is 5.83. The van der Waals surface area contributed by atoms with Gasteiger partial charge in [-0.3, -0.25) is 9.59 Å². The molecule has 1 N–H and O–H groups in total. The summed E-state index contributed by atoms with van der Waals surface area (Å²) in [6.07, 6.45) is 8.92. The van der Waals surface area contributed by atoms with E-state index in [1.54, 1.807) is 6.26 Å². The molecule has 2 amide bonds. The number of carbonyl (C=O) groups excluding carboxylic acids is 2. The second kappa shape index (κ2) is 9.25. The van der Waals surface area contributed by atoms with Crippen LogP contribution in [0.15, 0.2) is 41.0 Å². The van der Waals surface area contributed by atoms with Gasteiger partial charge >= 0.3 is 0 Å². The van der Waals surface area contributed by atoms with E-state index in [-0.39, 0.29) is 17.7 Å². The van der Waals surface area contributed by atoms with E-state index in [1.165, 1.54) is 32.1 Å². The molecule has 6 nitrogen and oxygen atoms in total. The quantitative estimate of drug-likeness (QED) is 0.808. The topological polar surface area (TPSA) is 75.4 Å². The van der Waals surface area contributed by atoms with E-state index in [4.69, 9.17) is 4.42 Å². The third-order valence-electron chi connectivity index (χ3n) is 6.09. The van der Waals surface area contributed by atoms with Crippen molar-refractivity contribution in [3.05, 3.63) is 42.3 Å². The Morgan fingerprint density at radius 2 is 1.93 bits per heavy atom. The van der Waals surface area contributed by atoms with Crippen LogP contribution in [0.25, 0.3) is 11.5 Å². The van der Waals surface area contributed by atoms with Crippen LogP contribution in [-0.2, 0) is 16.1 Å². The molecule has 0 bridgehead atoms. The van der Waals surface area contributed by atoms with E-state index in [2.05, 4.69) is 10.3 Å². The molecule has 1 aliphatic heterocycles. The van der Waals surface area contributed by atoms with Crippen LogP contribution in [-0.4, -0.2) is 34.8 Å². The Morgan fingerprint density at radius 3 is 2.72 bits per heavy atom. The molecule has 1 atom stereocenters. The number of piperidine rings is 1. The van der Waals surface area contributed by atoms with Gasteiger partial charge in [0.2, 0.25) is 17.7 Å². The summed E-state index contributed by atoms with van der Waals surface area (Å²) in [5.41, 5.74) is 1.61. The third kappa shape index (κ3) is 5.05. The standard InChI is InChI=1S/C23H29N3O3/c27-21-12-11-19(15-26(21)14-17-7-3-1-4-8-17)22(28)24-13-20-16-29-23(25-20)18-9-5-2-6-10-18/h2,5-6,9-10,16-17,19H,1,3-4,7-8,11-15H2,(H,24,28). The largest absolute Gasteiger partial charge is 0.444 e. The number of rotatable bonds is 6. The minimum absolute atomic E-state index is 0.00425. The van der Waals surface area contributed by atoms with E-state index in [0.717, 1.165) is 12.1 Å². The first kappa shape index (κ1) is 19.7. The van der Waals surface area contributed by atoms with E-state index in [9.17, 15) is 9.59 Å². The second-order valence-electron chi connectivity index (χ2n) is 8.27. The van der Waals surface area contributed by atoms with E-state index in [0.29, 0.717) is 43.4 Å². The molecule has 1 saturated carbocycles. The molecule has 1 aromatic carbocycles. The van der Waals surface area contributed by atoms with Crippen molar-refractivity contribution in [2.75, 3.05) is 13.1 Å². The third-order valence-corrected chi connectivity index (χ3v) is 6.09. The number of amides is 2.